The van der Waals surface area contributed by atoms with Crippen molar-refractivity contribution in [2.45, 2.75) is 24.3 Å². The number of likely N-dealkylation sites (N-methyl/N-ethyl adjacent to an activating group) is 1. The van der Waals surface area contributed by atoms with E-state index in [9.17, 15) is 17.2 Å². The summed E-state index contributed by atoms with van der Waals surface area (Å²) < 4.78 is 53.8. The summed E-state index contributed by atoms with van der Waals surface area (Å²) in [7, 11) is -2.14. The molecule has 0 saturated carbocycles. The lowest BCUT2D eigenvalue weighted by molar-refractivity contribution is 0.290. The molecule has 5 nitrogen and oxygen atoms in total. The predicted molar refractivity (Wildman–Crippen MR) is 76.2 cm³/mol. The maximum Gasteiger partial charge on any atom is 0.246 e. The molecule has 0 aromatic heterocycles. The van der Waals surface area contributed by atoms with Crippen LogP contribution in [-0.4, -0.2) is 50.3 Å². The SMILES string of the molecule is CC1CN(C)CCCN1S(=O)(=O)c1ccc(F)c(N)c1F. The maximum atomic E-state index is 14.0. The van der Waals surface area contributed by atoms with E-state index >= 15 is 0 Å². The van der Waals surface area contributed by atoms with E-state index in [1.807, 2.05) is 11.9 Å². The molecule has 8 heteroatoms. The van der Waals surface area contributed by atoms with Gasteiger partial charge in [-0.1, -0.05) is 0 Å². The second kappa shape index (κ2) is 5.86. The lowest BCUT2D eigenvalue weighted by atomic mass is 10.3. The zero-order chi connectivity index (χ0) is 15.8. The van der Waals surface area contributed by atoms with Gasteiger partial charge in [0.25, 0.3) is 0 Å². The van der Waals surface area contributed by atoms with Crippen LogP contribution < -0.4 is 5.73 Å². The normalized spacial score (nSPS) is 22.2. The molecule has 1 aromatic rings. The van der Waals surface area contributed by atoms with Crippen molar-refractivity contribution >= 4 is 15.7 Å². The minimum Gasteiger partial charge on any atom is -0.394 e. The average Bonchev–Trinajstić information content (AvgIpc) is 2.56. The van der Waals surface area contributed by atoms with Gasteiger partial charge in [-0.15, -0.1) is 0 Å². The summed E-state index contributed by atoms with van der Waals surface area (Å²) in [4.78, 5) is 1.45. The van der Waals surface area contributed by atoms with Crippen molar-refractivity contribution in [2.24, 2.45) is 0 Å². The Morgan fingerprint density at radius 1 is 1.29 bits per heavy atom. The Labute approximate surface area is 123 Å². The summed E-state index contributed by atoms with van der Waals surface area (Å²) in [5.41, 5.74) is 4.49. The first-order chi connectivity index (χ1) is 9.75. The van der Waals surface area contributed by atoms with Gasteiger partial charge in [-0.3, -0.25) is 0 Å². The Bertz CT molecular complexity index is 637. The number of halogens is 2. The maximum absolute atomic E-state index is 14.0. The minimum absolute atomic E-state index is 0.296. The molecule has 118 valence electrons. The quantitative estimate of drug-likeness (QED) is 0.834. The van der Waals surface area contributed by atoms with Crippen LogP contribution in [0.2, 0.25) is 0 Å². The first-order valence-electron chi connectivity index (χ1n) is 6.69. The van der Waals surface area contributed by atoms with Gasteiger partial charge in [0.2, 0.25) is 10.0 Å². The Balaban J connectivity index is 2.44. The number of hydrogen-bond donors (Lipinski definition) is 1. The van der Waals surface area contributed by atoms with Gasteiger partial charge in [0.15, 0.2) is 5.82 Å². The number of anilines is 1. The molecule has 1 heterocycles. The number of nitrogens with zero attached hydrogens (tertiary/aromatic N) is 2. The van der Waals surface area contributed by atoms with Gasteiger partial charge < -0.3 is 10.6 Å². The fraction of sp³-hybridized carbons (Fsp3) is 0.538. The molecular weight excluding hydrogens is 300 g/mol. The van der Waals surface area contributed by atoms with Gasteiger partial charge >= 0.3 is 0 Å². The second-order valence-corrected chi connectivity index (χ2v) is 7.21. The fourth-order valence-electron chi connectivity index (χ4n) is 2.58. The van der Waals surface area contributed by atoms with E-state index in [0.717, 1.165) is 18.7 Å². The average molecular weight is 319 g/mol. The lowest BCUT2D eigenvalue weighted by Crippen LogP contribution is -2.42. The zero-order valence-corrected chi connectivity index (χ0v) is 12.8. The van der Waals surface area contributed by atoms with E-state index < -0.39 is 32.2 Å². The Morgan fingerprint density at radius 2 is 1.95 bits per heavy atom. The number of hydrogen-bond acceptors (Lipinski definition) is 4. The highest BCUT2D eigenvalue weighted by Crippen LogP contribution is 2.27. The van der Waals surface area contributed by atoms with Gasteiger partial charge in [0.05, 0.1) is 0 Å². The summed E-state index contributed by atoms with van der Waals surface area (Å²) in [6, 6.07) is 1.51. The fourth-order valence-corrected chi connectivity index (χ4v) is 4.32. The molecule has 2 rings (SSSR count). The van der Waals surface area contributed by atoms with Crippen molar-refractivity contribution < 1.29 is 17.2 Å². The number of benzene rings is 1. The van der Waals surface area contributed by atoms with E-state index in [1.165, 1.54) is 4.31 Å². The molecule has 1 aromatic carbocycles. The van der Waals surface area contributed by atoms with Gasteiger partial charge in [-0.05, 0) is 39.1 Å². The van der Waals surface area contributed by atoms with E-state index in [4.69, 9.17) is 5.73 Å². The standard InChI is InChI=1S/C13H19F2N3O2S/c1-9-8-17(2)6-3-7-18(9)21(19,20)11-5-4-10(14)13(16)12(11)15/h4-5,9H,3,6-8,16H2,1-2H3. The van der Waals surface area contributed by atoms with Crippen LogP contribution in [0.15, 0.2) is 17.0 Å². The molecular formula is C13H19F2N3O2S. The van der Waals surface area contributed by atoms with Crippen molar-refractivity contribution in [2.75, 3.05) is 32.4 Å². The van der Waals surface area contributed by atoms with E-state index in [2.05, 4.69) is 0 Å². The van der Waals surface area contributed by atoms with Gasteiger partial charge in [0, 0.05) is 19.1 Å². The van der Waals surface area contributed by atoms with Crippen LogP contribution in [0.25, 0.3) is 0 Å². The molecule has 1 saturated heterocycles. The van der Waals surface area contributed by atoms with E-state index in [-0.39, 0.29) is 6.04 Å². The third-order valence-electron chi connectivity index (χ3n) is 3.66. The minimum atomic E-state index is -4.04. The molecule has 1 aliphatic heterocycles. The van der Waals surface area contributed by atoms with Crippen LogP contribution >= 0.6 is 0 Å². The predicted octanol–water partition coefficient (Wildman–Crippen LogP) is 1.26. The van der Waals surface area contributed by atoms with Crippen LogP contribution in [0.3, 0.4) is 0 Å². The Morgan fingerprint density at radius 3 is 2.62 bits per heavy atom. The van der Waals surface area contributed by atoms with E-state index in [1.54, 1.807) is 6.92 Å². The zero-order valence-electron chi connectivity index (χ0n) is 12.0. The van der Waals surface area contributed by atoms with E-state index in [0.29, 0.717) is 19.5 Å². The highest BCUT2D eigenvalue weighted by Gasteiger charge is 2.34. The molecule has 0 bridgehead atoms. The first-order valence-corrected chi connectivity index (χ1v) is 8.13. The molecule has 1 aliphatic rings. The third kappa shape index (κ3) is 3.02. The molecule has 0 aliphatic carbocycles. The van der Waals surface area contributed by atoms with Crippen molar-refractivity contribution in [1.82, 2.24) is 9.21 Å². The van der Waals surface area contributed by atoms with Gasteiger partial charge in [-0.2, -0.15) is 4.31 Å². The molecule has 21 heavy (non-hydrogen) atoms. The molecule has 1 fully saturated rings. The monoisotopic (exact) mass is 319 g/mol. The van der Waals surface area contributed by atoms with Crippen LogP contribution in [0.5, 0.6) is 0 Å². The largest absolute Gasteiger partial charge is 0.394 e. The third-order valence-corrected chi connectivity index (χ3v) is 5.69. The van der Waals surface area contributed by atoms with Crippen LogP contribution in [0.1, 0.15) is 13.3 Å². The topological polar surface area (TPSA) is 66.6 Å². The molecule has 2 N–H and O–H groups in total. The number of rotatable bonds is 2. The number of sulfonamides is 1. The van der Waals surface area contributed by atoms with Gasteiger partial charge in [0.1, 0.15) is 16.4 Å². The smallest absolute Gasteiger partial charge is 0.246 e. The summed E-state index contributed by atoms with van der Waals surface area (Å²) in [6.45, 7) is 3.39. The Kier molecular flexibility index (Phi) is 4.50. The molecule has 1 unspecified atom stereocenters. The second-order valence-electron chi connectivity index (χ2n) is 5.35. The molecule has 0 amide bonds. The van der Waals surface area contributed by atoms with Crippen molar-refractivity contribution in [3.8, 4) is 0 Å². The summed E-state index contributed by atoms with van der Waals surface area (Å²) in [5, 5.41) is 0. The summed E-state index contributed by atoms with van der Waals surface area (Å²) >= 11 is 0. The first kappa shape index (κ1) is 16.1. The van der Waals surface area contributed by atoms with Crippen molar-refractivity contribution in [3.05, 3.63) is 23.8 Å². The summed E-state index contributed by atoms with van der Waals surface area (Å²) in [6.07, 6.45) is 0.651. The van der Waals surface area contributed by atoms with Crippen molar-refractivity contribution in [3.63, 3.8) is 0 Å². The molecule has 0 spiro atoms. The van der Waals surface area contributed by atoms with Crippen LogP contribution in [-0.2, 0) is 10.0 Å². The highest BCUT2D eigenvalue weighted by molar-refractivity contribution is 7.89. The molecule has 0 radical (unpaired) electrons. The number of nitrogen functional groups attached to an aromatic ring is 1. The lowest BCUT2D eigenvalue weighted by Gasteiger charge is -2.27. The van der Waals surface area contributed by atoms with Crippen molar-refractivity contribution in [1.29, 1.82) is 0 Å². The van der Waals surface area contributed by atoms with Crippen LogP contribution in [0, 0.1) is 11.6 Å². The van der Waals surface area contributed by atoms with Gasteiger partial charge in [-0.25, -0.2) is 17.2 Å². The summed E-state index contributed by atoms with van der Waals surface area (Å²) in [5.74, 6) is -2.19. The number of nitrogens with two attached hydrogens (primary N) is 1. The Hall–Kier alpha value is -1.25. The highest BCUT2D eigenvalue weighted by atomic mass is 32.2. The van der Waals surface area contributed by atoms with Crippen LogP contribution in [0.4, 0.5) is 14.5 Å². The molecule has 1 atom stereocenters.